The Hall–Kier alpha value is -1.97. The maximum absolute atomic E-state index is 14.6. The molecule has 0 spiro atoms. The van der Waals surface area contributed by atoms with Crippen LogP contribution in [0.4, 0.5) is 10.1 Å². The molecule has 0 bridgehead atoms. The highest BCUT2D eigenvalue weighted by Crippen LogP contribution is 2.22. The van der Waals surface area contributed by atoms with E-state index in [1.807, 2.05) is 0 Å². The van der Waals surface area contributed by atoms with E-state index in [0.29, 0.717) is 12.1 Å². The molecule has 10 heteroatoms. The van der Waals surface area contributed by atoms with Crippen LogP contribution < -0.4 is 10.0 Å². The van der Waals surface area contributed by atoms with Crippen LogP contribution in [0, 0.1) is 5.82 Å². The van der Waals surface area contributed by atoms with Gasteiger partial charge in [-0.25, -0.2) is 22.5 Å². The Bertz CT molecular complexity index is 898. The highest BCUT2D eigenvalue weighted by molar-refractivity contribution is 7.89. The largest absolute Gasteiger partial charge is 0.343 e. The standard InChI is InChI=1S/C15H18ClFN4O3S/c1-4-9(2)20-25(23,24)11-8-21(3)14(13(11)17)15(22)19-10-5-6-18-12(16)7-10/h5-9,20H,4H2,1-3H3,(H,18,19,22)/t9-/m1/s1. The van der Waals surface area contributed by atoms with Crippen LogP contribution in [0.1, 0.15) is 30.8 Å². The van der Waals surface area contributed by atoms with E-state index < -0.39 is 32.3 Å². The SMILES string of the molecule is CC[C@@H](C)NS(=O)(=O)c1cn(C)c(C(=O)Nc2ccnc(Cl)c2)c1F. The predicted octanol–water partition coefficient (Wildman–Crippen LogP) is 2.54. The first-order valence-electron chi connectivity index (χ1n) is 7.45. The van der Waals surface area contributed by atoms with Crippen molar-refractivity contribution < 1.29 is 17.6 Å². The van der Waals surface area contributed by atoms with E-state index in [1.54, 1.807) is 13.8 Å². The molecular weight excluding hydrogens is 371 g/mol. The van der Waals surface area contributed by atoms with Crippen LogP contribution in [0.3, 0.4) is 0 Å². The second kappa shape index (κ2) is 7.51. The summed E-state index contributed by atoms with van der Waals surface area (Å²) in [6, 6.07) is 2.51. The van der Waals surface area contributed by atoms with Gasteiger partial charge in [0.2, 0.25) is 10.0 Å². The Kier molecular flexibility index (Phi) is 5.81. The van der Waals surface area contributed by atoms with Crippen LogP contribution >= 0.6 is 11.6 Å². The molecule has 2 heterocycles. The minimum absolute atomic E-state index is 0.158. The number of hydrogen-bond donors (Lipinski definition) is 2. The number of aryl methyl sites for hydroxylation is 1. The van der Waals surface area contributed by atoms with Gasteiger partial charge in [-0.05, 0) is 25.5 Å². The van der Waals surface area contributed by atoms with Gasteiger partial charge >= 0.3 is 0 Å². The normalized spacial score (nSPS) is 12.8. The lowest BCUT2D eigenvalue weighted by Crippen LogP contribution is -2.32. The van der Waals surface area contributed by atoms with Crippen molar-refractivity contribution in [2.45, 2.75) is 31.2 Å². The number of rotatable bonds is 6. The second-order valence-electron chi connectivity index (χ2n) is 5.52. The van der Waals surface area contributed by atoms with Crippen molar-refractivity contribution in [3.8, 4) is 0 Å². The van der Waals surface area contributed by atoms with Gasteiger partial charge in [0.25, 0.3) is 5.91 Å². The first-order valence-corrected chi connectivity index (χ1v) is 9.32. The summed E-state index contributed by atoms with van der Waals surface area (Å²) in [5, 5.41) is 2.62. The summed E-state index contributed by atoms with van der Waals surface area (Å²) in [5.74, 6) is -1.91. The number of aromatic nitrogens is 2. The van der Waals surface area contributed by atoms with E-state index in [-0.39, 0.29) is 11.2 Å². The zero-order valence-corrected chi connectivity index (χ0v) is 15.4. The van der Waals surface area contributed by atoms with Crippen LogP contribution in [0.2, 0.25) is 5.15 Å². The van der Waals surface area contributed by atoms with Gasteiger partial charge in [0, 0.05) is 31.2 Å². The average molecular weight is 389 g/mol. The van der Waals surface area contributed by atoms with Crippen molar-refractivity contribution in [1.29, 1.82) is 0 Å². The Labute approximate surface area is 150 Å². The Balaban J connectivity index is 2.34. The summed E-state index contributed by atoms with van der Waals surface area (Å²) in [7, 11) is -2.69. The Morgan fingerprint density at radius 2 is 2.16 bits per heavy atom. The molecule has 2 N–H and O–H groups in total. The molecule has 136 valence electrons. The van der Waals surface area contributed by atoms with Crippen molar-refractivity contribution >= 4 is 33.2 Å². The van der Waals surface area contributed by atoms with E-state index in [1.165, 1.54) is 25.4 Å². The second-order valence-corrected chi connectivity index (χ2v) is 7.59. The summed E-state index contributed by atoms with van der Waals surface area (Å²) in [5.41, 5.74) is -0.0924. The number of hydrogen-bond acceptors (Lipinski definition) is 4. The molecule has 2 rings (SSSR count). The number of halogens is 2. The lowest BCUT2D eigenvalue weighted by molar-refractivity contribution is 0.101. The molecule has 0 aliphatic carbocycles. The van der Waals surface area contributed by atoms with Crippen LogP contribution in [0.5, 0.6) is 0 Å². The topological polar surface area (TPSA) is 93.1 Å². The van der Waals surface area contributed by atoms with Crippen molar-refractivity contribution in [1.82, 2.24) is 14.3 Å². The molecule has 0 unspecified atom stereocenters. The molecule has 1 amide bonds. The fourth-order valence-electron chi connectivity index (χ4n) is 2.10. The van der Waals surface area contributed by atoms with Crippen molar-refractivity contribution in [2.75, 3.05) is 5.32 Å². The van der Waals surface area contributed by atoms with E-state index in [2.05, 4.69) is 15.0 Å². The molecule has 0 aliphatic rings. The third-order valence-corrected chi connectivity index (χ3v) is 5.33. The molecule has 1 atom stereocenters. The van der Waals surface area contributed by atoms with Gasteiger partial charge in [-0.2, -0.15) is 0 Å². The van der Waals surface area contributed by atoms with Gasteiger partial charge in [-0.3, -0.25) is 4.79 Å². The molecule has 0 aliphatic heterocycles. The predicted molar refractivity (Wildman–Crippen MR) is 92.6 cm³/mol. The molecular formula is C15H18ClFN4O3S. The maximum Gasteiger partial charge on any atom is 0.275 e. The third kappa shape index (κ3) is 4.36. The van der Waals surface area contributed by atoms with E-state index in [0.717, 1.165) is 10.8 Å². The number of anilines is 1. The van der Waals surface area contributed by atoms with Gasteiger partial charge in [-0.15, -0.1) is 0 Å². The highest BCUT2D eigenvalue weighted by atomic mass is 35.5. The van der Waals surface area contributed by atoms with Gasteiger partial charge < -0.3 is 9.88 Å². The van der Waals surface area contributed by atoms with Gasteiger partial charge in [0.15, 0.2) is 5.82 Å². The van der Waals surface area contributed by atoms with Crippen LogP contribution in [-0.4, -0.2) is 29.9 Å². The molecule has 0 saturated carbocycles. The van der Waals surface area contributed by atoms with Crippen LogP contribution in [0.15, 0.2) is 29.4 Å². The zero-order chi connectivity index (χ0) is 18.8. The number of nitrogens with zero attached hydrogens (tertiary/aromatic N) is 2. The molecule has 2 aromatic rings. The van der Waals surface area contributed by atoms with Gasteiger partial charge in [0.05, 0.1) is 0 Å². The summed E-state index contributed by atoms with van der Waals surface area (Å²) < 4.78 is 42.7. The molecule has 0 saturated heterocycles. The molecule has 25 heavy (non-hydrogen) atoms. The van der Waals surface area contributed by atoms with Gasteiger partial charge in [-0.1, -0.05) is 18.5 Å². The first kappa shape index (κ1) is 19.4. The monoisotopic (exact) mass is 388 g/mol. The smallest absolute Gasteiger partial charge is 0.275 e. The molecule has 0 fully saturated rings. The highest BCUT2D eigenvalue weighted by Gasteiger charge is 2.29. The molecule has 2 aromatic heterocycles. The third-order valence-electron chi connectivity index (χ3n) is 3.55. The van der Waals surface area contributed by atoms with Crippen LogP contribution in [-0.2, 0) is 17.1 Å². The van der Waals surface area contributed by atoms with E-state index in [9.17, 15) is 17.6 Å². The molecule has 0 radical (unpaired) electrons. The minimum atomic E-state index is -4.07. The van der Waals surface area contributed by atoms with Crippen molar-refractivity contribution in [3.63, 3.8) is 0 Å². The van der Waals surface area contributed by atoms with Gasteiger partial charge in [0.1, 0.15) is 15.7 Å². The molecule has 0 aromatic carbocycles. The van der Waals surface area contributed by atoms with E-state index in [4.69, 9.17) is 11.6 Å². The first-order chi connectivity index (χ1) is 11.7. The minimum Gasteiger partial charge on any atom is -0.343 e. The fourth-order valence-corrected chi connectivity index (χ4v) is 3.72. The number of amides is 1. The summed E-state index contributed by atoms with van der Waals surface area (Å²) in [6.45, 7) is 3.46. The quantitative estimate of drug-likeness (QED) is 0.743. The number of carbonyl (C=O) groups is 1. The Morgan fingerprint density at radius 1 is 1.48 bits per heavy atom. The van der Waals surface area contributed by atoms with Crippen molar-refractivity contribution in [3.05, 3.63) is 41.2 Å². The summed E-state index contributed by atoms with van der Waals surface area (Å²) in [6.07, 6.45) is 2.99. The number of pyridine rings is 1. The lowest BCUT2D eigenvalue weighted by Gasteiger charge is -2.10. The molecule has 7 nitrogen and oxygen atoms in total. The number of nitrogens with one attached hydrogen (secondary N) is 2. The zero-order valence-electron chi connectivity index (χ0n) is 13.9. The maximum atomic E-state index is 14.6. The Morgan fingerprint density at radius 3 is 2.76 bits per heavy atom. The fraction of sp³-hybridized carbons (Fsp3) is 0.333. The van der Waals surface area contributed by atoms with Crippen LogP contribution in [0.25, 0.3) is 0 Å². The lowest BCUT2D eigenvalue weighted by atomic mass is 10.3. The van der Waals surface area contributed by atoms with Crippen molar-refractivity contribution in [2.24, 2.45) is 7.05 Å². The van der Waals surface area contributed by atoms with E-state index >= 15 is 0 Å². The average Bonchev–Trinajstić information content (AvgIpc) is 2.82. The number of sulfonamides is 1. The number of carbonyl (C=O) groups excluding carboxylic acids is 1. The summed E-state index contributed by atoms with van der Waals surface area (Å²) >= 11 is 5.73. The summed E-state index contributed by atoms with van der Waals surface area (Å²) in [4.78, 5) is 15.5.